The maximum atomic E-state index is 12.6. The minimum Gasteiger partial charge on any atom is -0.341 e. The van der Waals surface area contributed by atoms with Crippen LogP contribution in [0.25, 0.3) is 0 Å². The molecular weight excluding hydrogens is 270 g/mol. The number of ether oxygens (including phenoxy) is 2. The van der Waals surface area contributed by atoms with Crippen molar-refractivity contribution in [1.29, 1.82) is 0 Å². The van der Waals surface area contributed by atoms with E-state index in [0.29, 0.717) is 0 Å². The molecule has 0 bridgehead atoms. The predicted molar refractivity (Wildman–Crippen MR) is 75.4 cm³/mol. The first kappa shape index (κ1) is 14.2. The van der Waals surface area contributed by atoms with Crippen LogP contribution in [0.1, 0.15) is 32.4 Å². The van der Waals surface area contributed by atoms with Gasteiger partial charge in [-0.3, -0.25) is 4.79 Å². The lowest BCUT2D eigenvalue weighted by Gasteiger charge is -2.31. The van der Waals surface area contributed by atoms with E-state index in [1.54, 1.807) is 18.7 Å². The number of hydrogen-bond donors (Lipinski definition) is 0. The van der Waals surface area contributed by atoms with Crippen LogP contribution < -0.4 is 0 Å². The van der Waals surface area contributed by atoms with E-state index in [1.807, 2.05) is 37.3 Å². The molecule has 0 spiro atoms. The summed E-state index contributed by atoms with van der Waals surface area (Å²) >= 11 is 0. The molecule has 1 amide bonds. The largest absolute Gasteiger partial charge is 0.341 e. The number of aldehydes is 1. The quantitative estimate of drug-likeness (QED) is 0.794. The van der Waals surface area contributed by atoms with Crippen LogP contribution >= 0.6 is 0 Å². The lowest BCUT2D eigenvalue weighted by molar-refractivity contribution is -0.175. The van der Waals surface area contributed by atoms with Gasteiger partial charge in [0.1, 0.15) is 18.4 Å². The normalized spacial score (nSPS) is 32.0. The van der Waals surface area contributed by atoms with E-state index in [0.717, 1.165) is 11.8 Å². The van der Waals surface area contributed by atoms with Gasteiger partial charge in [-0.1, -0.05) is 30.3 Å². The van der Waals surface area contributed by atoms with Crippen LogP contribution in [0.15, 0.2) is 30.3 Å². The summed E-state index contributed by atoms with van der Waals surface area (Å²) in [6, 6.07) is 8.83. The third kappa shape index (κ3) is 2.26. The zero-order chi connectivity index (χ0) is 15.2. The molecule has 4 atom stereocenters. The fraction of sp³-hybridized carbons (Fsp3) is 0.500. The van der Waals surface area contributed by atoms with E-state index < -0.39 is 24.0 Å². The average molecular weight is 289 g/mol. The fourth-order valence-corrected chi connectivity index (χ4v) is 3.17. The fourth-order valence-electron chi connectivity index (χ4n) is 3.17. The molecule has 2 aliphatic heterocycles. The van der Waals surface area contributed by atoms with Crippen LogP contribution in [-0.2, 0) is 19.1 Å². The molecule has 2 fully saturated rings. The van der Waals surface area contributed by atoms with Crippen molar-refractivity contribution in [3.8, 4) is 0 Å². The second-order valence-corrected chi connectivity index (χ2v) is 5.98. The number of amides is 1. The van der Waals surface area contributed by atoms with Crippen LogP contribution in [0.3, 0.4) is 0 Å². The van der Waals surface area contributed by atoms with Crippen molar-refractivity contribution in [3.63, 3.8) is 0 Å². The molecule has 5 heteroatoms. The minimum absolute atomic E-state index is 0.181. The minimum atomic E-state index is -0.825. The zero-order valence-corrected chi connectivity index (χ0v) is 12.4. The molecule has 5 nitrogen and oxygen atoms in total. The van der Waals surface area contributed by atoms with E-state index in [9.17, 15) is 9.59 Å². The highest BCUT2D eigenvalue weighted by Crippen LogP contribution is 2.40. The Hall–Kier alpha value is -1.72. The molecule has 0 aromatic heterocycles. The highest BCUT2D eigenvalue weighted by molar-refractivity contribution is 5.89. The highest BCUT2D eigenvalue weighted by atomic mass is 16.8. The Morgan fingerprint density at radius 3 is 2.52 bits per heavy atom. The maximum Gasteiger partial charge on any atom is 0.255 e. The molecule has 21 heavy (non-hydrogen) atoms. The SMILES string of the molecule is C[C@H](c1ccccc1)N1C(=O)[C@H]2OC(C)(C)O[C@H]2[C@H]1C=O. The van der Waals surface area contributed by atoms with Gasteiger partial charge in [0, 0.05) is 0 Å². The predicted octanol–water partition coefficient (Wildman–Crippen LogP) is 1.68. The molecule has 0 saturated carbocycles. The van der Waals surface area contributed by atoms with Crippen molar-refractivity contribution < 1.29 is 19.1 Å². The van der Waals surface area contributed by atoms with Crippen LogP contribution in [0.5, 0.6) is 0 Å². The van der Waals surface area contributed by atoms with Gasteiger partial charge in [0.05, 0.1) is 6.04 Å². The molecule has 2 aliphatic rings. The lowest BCUT2D eigenvalue weighted by Crippen LogP contribution is -2.42. The monoisotopic (exact) mass is 289 g/mol. The molecule has 0 radical (unpaired) electrons. The topological polar surface area (TPSA) is 55.8 Å². The van der Waals surface area contributed by atoms with Gasteiger partial charge in [0.25, 0.3) is 5.91 Å². The van der Waals surface area contributed by atoms with Gasteiger partial charge in [-0.2, -0.15) is 0 Å². The number of hydrogen-bond acceptors (Lipinski definition) is 4. The Balaban J connectivity index is 1.90. The van der Waals surface area contributed by atoms with Gasteiger partial charge in [-0.05, 0) is 26.3 Å². The van der Waals surface area contributed by atoms with Crippen molar-refractivity contribution >= 4 is 12.2 Å². The van der Waals surface area contributed by atoms with E-state index in [-0.39, 0.29) is 11.9 Å². The van der Waals surface area contributed by atoms with Gasteiger partial charge in [0.15, 0.2) is 11.9 Å². The Morgan fingerprint density at radius 1 is 1.24 bits per heavy atom. The smallest absolute Gasteiger partial charge is 0.255 e. The number of rotatable bonds is 3. The van der Waals surface area contributed by atoms with E-state index >= 15 is 0 Å². The summed E-state index contributed by atoms with van der Waals surface area (Å²) < 4.78 is 11.4. The number of carbonyl (C=O) groups excluding carboxylic acids is 2. The van der Waals surface area contributed by atoms with E-state index in [2.05, 4.69) is 0 Å². The van der Waals surface area contributed by atoms with Crippen LogP contribution in [0, 0.1) is 0 Å². The number of benzene rings is 1. The van der Waals surface area contributed by atoms with Crippen molar-refractivity contribution in [1.82, 2.24) is 4.90 Å². The zero-order valence-electron chi connectivity index (χ0n) is 12.4. The molecule has 1 aromatic rings. The molecule has 2 saturated heterocycles. The molecule has 0 N–H and O–H groups in total. The van der Waals surface area contributed by atoms with Gasteiger partial charge in [0.2, 0.25) is 0 Å². The van der Waals surface area contributed by atoms with Gasteiger partial charge in [-0.15, -0.1) is 0 Å². The molecular formula is C16H19NO4. The summed E-state index contributed by atoms with van der Waals surface area (Å²) in [5.41, 5.74) is 0.983. The molecule has 0 aliphatic carbocycles. The standard InChI is InChI=1S/C16H19NO4/c1-10(11-7-5-4-6-8-11)17-12(9-18)13-14(15(17)19)21-16(2,3)20-13/h4-10,12-14H,1-3H3/t10-,12-,13+,14+/m1/s1. The molecule has 0 unspecified atom stereocenters. The van der Waals surface area contributed by atoms with Crippen LogP contribution in [-0.4, -0.2) is 41.1 Å². The van der Waals surface area contributed by atoms with Crippen molar-refractivity contribution in [2.24, 2.45) is 0 Å². The van der Waals surface area contributed by atoms with Gasteiger partial charge in [-0.25, -0.2) is 0 Å². The van der Waals surface area contributed by atoms with Crippen molar-refractivity contribution in [2.75, 3.05) is 0 Å². The molecule has 1 aromatic carbocycles. The summed E-state index contributed by atoms with van der Waals surface area (Å²) in [5, 5.41) is 0. The number of fused-ring (bicyclic) bond motifs is 1. The Bertz CT molecular complexity index is 557. The van der Waals surface area contributed by atoms with Crippen molar-refractivity contribution in [3.05, 3.63) is 35.9 Å². The third-order valence-electron chi connectivity index (χ3n) is 4.12. The lowest BCUT2D eigenvalue weighted by atomic mass is 10.1. The maximum absolute atomic E-state index is 12.6. The second-order valence-electron chi connectivity index (χ2n) is 5.98. The second kappa shape index (κ2) is 4.93. The van der Waals surface area contributed by atoms with Gasteiger partial charge >= 0.3 is 0 Å². The summed E-state index contributed by atoms with van der Waals surface area (Å²) in [5.74, 6) is -1.01. The van der Waals surface area contributed by atoms with E-state index in [1.165, 1.54) is 0 Å². The van der Waals surface area contributed by atoms with Crippen molar-refractivity contribution in [2.45, 2.75) is 50.8 Å². The summed E-state index contributed by atoms with van der Waals surface area (Å²) in [6.07, 6.45) is -0.440. The molecule has 3 rings (SSSR count). The summed E-state index contributed by atoms with van der Waals surface area (Å²) in [6.45, 7) is 5.42. The first-order chi connectivity index (χ1) is 9.94. The van der Waals surface area contributed by atoms with E-state index in [4.69, 9.17) is 9.47 Å². The van der Waals surface area contributed by atoms with Crippen LogP contribution in [0.4, 0.5) is 0 Å². The Morgan fingerprint density at radius 2 is 1.90 bits per heavy atom. The molecule has 2 heterocycles. The van der Waals surface area contributed by atoms with Gasteiger partial charge < -0.3 is 19.2 Å². The first-order valence-corrected chi connectivity index (χ1v) is 7.12. The highest BCUT2D eigenvalue weighted by Gasteiger charge is 2.58. The van der Waals surface area contributed by atoms with Crippen LogP contribution in [0.2, 0.25) is 0 Å². The molecule has 112 valence electrons. The Labute approximate surface area is 123 Å². The number of likely N-dealkylation sites (tertiary alicyclic amines) is 1. The number of carbonyl (C=O) groups is 2. The summed E-state index contributed by atoms with van der Waals surface area (Å²) in [7, 11) is 0. The number of nitrogens with zero attached hydrogens (tertiary/aromatic N) is 1. The average Bonchev–Trinajstić information content (AvgIpc) is 2.91. The third-order valence-corrected chi connectivity index (χ3v) is 4.12. The Kier molecular flexibility index (Phi) is 3.34. The summed E-state index contributed by atoms with van der Waals surface area (Å²) in [4.78, 5) is 25.7. The first-order valence-electron chi connectivity index (χ1n) is 7.12.